The Bertz CT molecular complexity index is 691. The maximum Gasteiger partial charge on any atom is 0.407 e. The van der Waals surface area contributed by atoms with Crippen molar-refractivity contribution < 1.29 is 9.53 Å². The molecule has 0 radical (unpaired) electrons. The zero-order valence-corrected chi connectivity index (χ0v) is 18.4. The molecular formula is C20H36N6O2. The lowest BCUT2D eigenvalue weighted by molar-refractivity contribution is 0.0507. The number of rotatable bonds is 5. The molecule has 8 nitrogen and oxygen atoms in total. The third-order valence-corrected chi connectivity index (χ3v) is 4.62. The van der Waals surface area contributed by atoms with Crippen LogP contribution in [0.15, 0.2) is 11.1 Å². The molecular weight excluding hydrogens is 356 g/mol. The molecule has 0 spiro atoms. The molecule has 158 valence electrons. The summed E-state index contributed by atoms with van der Waals surface area (Å²) in [5.41, 5.74) is 1.75. The fourth-order valence-corrected chi connectivity index (χ4v) is 3.36. The molecule has 28 heavy (non-hydrogen) atoms. The van der Waals surface area contributed by atoms with Gasteiger partial charge in [0.25, 0.3) is 0 Å². The average molecular weight is 393 g/mol. The lowest BCUT2D eigenvalue weighted by atomic mass is 10.2. The SMILES string of the molecule is CN=C(NCC(C)Cn1nc(C)cc1C)N1CCC(NC(=O)OC(C)(C)C)C1. The molecule has 2 atom stereocenters. The molecule has 0 bridgehead atoms. The zero-order valence-electron chi connectivity index (χ0n) is 18.4. The first-order valence-corrected chi connectivity index (χ1v) is 10.0. The number of aryl methyl sites for hydroxylation is 2. The smallest absolute Gasteiger partial charge is 0.407 e. The molecule has 2 unspecified atom stereocenters. The first-order valence-electron chi connectivity index (χ1n) is 10.0. The molecule has 1 aromatic heterocycles. The normalized spacial score (nSPS) is 18.9. The van der Waals surface area contributed by atoms with Gasteiger partial charge >= 0.3 is 6.09 Å². The third kappa shape index (κ3) is 6.73. The molecule has 1 aliphatic heterocycles. The summed E-state index contributed by atoms with van der Waals surface area (Å²) in [4.78, 5) is 18.6. The van der Waals surface area contributed by atoms with E-state index in [2.05, 4.69) is 50.2 Å². The number of aromatic nitrogens is 2. The Morgan fingerprint density at radius 2 is 2.14 bits per heavy atom. The summed E-state index contributed by atoms with van der Waals surface area (Å²) in [6.45, 7) is 15.2. The van der Waals surface area contributed by atoms with Gasteiger partial charge in [0.1, 0.15) is 5.60 Å². The van der Waals surface area contributed by atoms with Crippen LogP contribution in [0.4, 0.5) is 4.79 Å². The second-order valence-electron chi connectivity index (χ2n) is 8.72. The van der Waals surface area contributed by atoms with Gasteiger partial charge < -0.3 is 20.3 Å². The third-order valence-electron chi connectivity index (χ3n) is 4.62. The van der Waals surface area contributed by atoms with Crippen molar-refractivity contribution in [2.24, 2.45) is 10.9 Å². The van der Waals surface area contributed by atoms with Gasteiger partial charge in [-0.15, -0.1) is 0 Å². The van der Waals surface area contributed by atoms with Crippen LogP contribution in [0, 0.1) is 19.8 Å². The average Bonchev–Trinajstić information content (AvgIpc) is 3.13. The molecule has 2 N–H and O–H groups in total. The minimum Gasteiger partial charge on any atom is -0.444 e. The van der Waals surface area contributed by atoms with Crippen molar-refractivity contribution >= 4 is 12.1 Å². The number of nitrogens with zero attached hydrogens (tertiary/aromatic N) is 4. The van der Waals surface area contributed by atoms with Crippen molar-refractivity contribution in [2.45, 2.75) is 66.2 Å². The number of nitrogens with one attached hydrogen (secondary N) is 2. The molecule has 0 aromatic carbocycles. The summed E-state index contributed by atoms with van der Waals surface area (Å²) in [6.07, 6.45) is 0.516. The highest BCUT2D eigenvalue weighted by atomic mass is 16.6. The number of guanidine groups is 1. The predicted octanol–water partition coefficient (Wildman–Crippen LogP) is 2.31. The van der Waals surface area contributed by atoms with E-state index in [1.165, 1.54) is 5.69 Å². The molecule has 1 aromatic rings. The van der Waals surface area contributed by atoms with Crippen molar-refractivity contribution in [2.75, 3.05) is 26.7 Å². The first kappa shape index (κ1) is 22.0. The van der Waals surface area contributed by atoms with E-state index in [-0.39, 0.29) is 12.1 Å². The standard InChI is InChI=1S/C20H36N6O2/c1-14(12-26-16(3)10-15(2)24-26)11-22-18(21-7)25-9-8-17(13-25)23-19(27)28-20(4,5)6/h10,14,17H,8-9,11-13H2,1-7H3,(H,21,22)(H,23,27). The Kier molecular flexibility index (Phi) is 7.32. The van der Waals surface area contributed by atoms with Crippen molar-refractivity contribution in [3.8, 4) is 0 Å². The number of ether oxygens (including phenoxy) is 1. The minimum absolute atomic E-state index is 0.0699. The van der Waals surface area contributed by atoms with Gasteiger partial charge in [0.2, 0.25) is 0 Å². The summed E-state index contributed by atoms with van der Waals surface area (Å²) in [6, 6.07) is 2.17. The van der Waals surface area contributed by atoms with Gasteiger partial charge in [-0.25, -0.2) is 4.79 Å². The number of hydrogen-bond donors (Lipinski definition) is 2. The van der Waals surface area contributed by atoms with Gasteiger partial charge in [0, 0.05) is 38.9 Å². The molecule has 8 heteroatoms. The van der Waals surface area contributed by atoms with Crippen LogP contribution < -0.4 is 10.6 Å². The van der Waals surface area contributed by atoms with Crippen molar-refractivity contribution in [1.29, 1.82) is 0 Å². The molecule has 0 aliphatic carbocycles. The number of aliphatic imine (C=N–C) groups is 1. The topological polar surface area (TPSA) is 83.8 Å². The first-order chi connectivity index (χ1) is 13.1. The van der Waals surface area contributed by atoms with Gasteiger partial charge in [0.05, 0.1) is 11.7 Å². The van der Waals surface area contributed by atoms with Crippen molar-refractivity contribution in [1.82, 2.24) is 25.3 Å². The van der Waals surface area contributed by atoms with E-state index in [4.69, 9.17) is 4.74 Å². The van der Waals surface area contributed by atoms with Crippen LogP contribution in [-0.4, -0.2) is 65.1 Å². The quantitative estimate of drug-likeness (QED) is 0.593. The van der Waals surface area contributed by atoms with Gasteiger partial charge in [0.15, 0.2) is 5.96 Å². The van der Waals surface area contributed by atoms with Gasteiger partial charge in [-0.05, 0) is 53.0 Å². The van der Waals surface area contributed by atoms with E-state index in [1.54, 1.807) is 7.05 Å². The Morgan fingerprint density at radius 3 is 2.71 bits per heavy atom. The second-order valence-corrected chi connectivity index (χ2v) is 8.72. The number of alkyl carbamates (subject to hydrolysis) is 1. The van der Waals surface area contributed by atoms with E-state index in [0.29, 0.717) is 5.92 Å². The molecule has 1 aliphatic rings. The summed E-state index contributed by atoms with van der Waals surface area (Å²) < 4.78 is 7.40. The summed E-state index contributed by atoms with van der Waals surface area (Å²) in [7, 11) is 1.79. The van der Waals surface area contributed by atoms with E-state index in [1.807, 2.05) is 27.7 Å². The fraction of sp³-hybridized carbons (Fsp3) is 0.750. The number of carbonyl (C=O) groups is 1. The highest BCUT2D eigenvalue weighted by Gasteiger charge is 2.28. The minimum atomic E-state index is -0.485. The van der Waals surface area contributed by atoms with E-state index < -0.39 is 5.60 Å². The van der Waals surface area contributed by atoms with Crippen LogP contribution in [0.5, 0.6) is 0 Å². The number of amides is 1. The van der Waals surface area contributed by atoms with E-state index in [0.717, 1.165) is 44.3 Å². The van der Waals surface area contributed by atoms with Crippen LogP contribution in [-0.2, 0) is 11.3 Å². The lowest BCUT2D eigenvalue weighted by Crippen LogP contribution is -2.45. The number of likely N-dealkylation sites (tertiary alicyclic amines) is 1. The maximum atomic E-state index is 12.0. The van der Waals surface area contributed by atoms with Crippen molar-refractivity contribution in [3.63, 3.8) is 0 Å². The van der Waals surface area contributed by atoms with E-state index in [9.17, 15) is 4.79 Å². The summed E-state index contributed by atoms with van der Waals surface area (Å²) in [5.74, 6) is 1.28. The van der Waals surface area contributed by atoms with Crippen LogP contribution in [0.25, 0.3) is 0 Å². The largest absolute Gasteiger partial charge is 0.444 e. The Balaban J connectivity index is 1.79. The van der Waals surface area contributed by atoms with Crippen LogP contribution in [0.2, 0.25) is 0 Å². The second kappa shape index (κ2) is 9.30. The van der Waals surface area contributed by atoms with Crippen LogP contribution in [0.1, 0.15) is 45.5 Å². The molecule has 1 amide bonds. The molecule has 1 fully saturated rings. The molecule has 2 rings (SSSR count). The van der Waals surface area contributed by atoms with Gasteiger partial charge in [-0.3, -0.25) is 9.67 Å². The Hall–Kier alpha value is -2.25. The van der Waals surface area contributed by atoms with Crippen molar-refractivity contribution in [3.05, 3.63) is 17.5 Å². The predicted molar refractivity (Wildman–Crippen MR) is 112 cm³/mol. The van der Waals surface area contributed by atoms with Gasteiger partial charge in [-0.2, -0.15) is 5.10 Å². The molecule has 1 saturated heterocycles. The molecule has 2 heterocycles. The Labute approximate surface area is 168 Å². The highest BCUT2D eigenvalue weighted by Crippen LogP contribution is 2.12. The van der Waals surface area contributed by atoms with E-state index >= 15 is 0 Å². The lowest BCUT2D eigenvalue weighted by Gasteiger charge is -2.24. The zero-order chi connectivity index (χ0) is 20.9. The maximum absolute atomic E-state index is 12.0. The summed E-state index contributed by atoms with van der Waals surface area (Å²) in [5, 5.41) is 10.9. The number of carbonyl (C=O) groups excluding carboxylic acids is 1. The van der Waals surface area contributed by atoms with Gasteiger partial charge in [-0.1, -0.05) is 6.92 Å². The summed E-state index contributed by atoms with van der Waals surface area (Å²) >= 11 is 0. The van der Waals surface area contributed by atoms with Crippen LogP contribution in [0.3, 0.4) is 0 Å². The molecule has 0 saturated carbocycles. The number of hydrogen-bond acceptors (Lipinski definition) is 4. The fourth-order valence-electron chi connectivity index (χ4n) is 3.36. The Morgan fingerprint density at radius 1 is 1.43 bits per heavy atom. The van der Waals surface area contributed by atoms with Crippen LogP contribution >= 0.6 is 0 Å². The monoisotopic (exact) mass is 392 g/mol. The highest BCUT2D eigenvalue weighted by molar-refractivity contribution is 5.80.